The van der Waals surface area contributed by atoms with Crippen LogP contribution in [0.4, 0.5) is 0 Å². The normalized spacial score (nSPS) is 10.5. The van der Waals surface area contributed by atoms with Crippen LogP contribution in [0.25, 0.3) is 11.1 Å². The Hall–Kier alpha value is -1.31. The first-order chi connectivity index (χ1) is 8.74. The smallest absolute Gasteiger partial charge is 0.217 e. The lowest BCUT2D eigenvalue weighted by Crippen LogP contribution is -2.09. The quantitative estimate of drug-likeness (QED) is 0.695. The van der Waals surface area contributed by atoms with Gasteiger partial charge in [0.25, 0.3) is 0 Å². The zero-order valence-corrected chi connectivity index (χ0v) is 11.5. The van der Waals surface area contributed by atoms with Crippen LogP contribution in [0.15, 0.2) is 24.3 Å². The molecule has 2 nitrogen and oxygen atoms in total. The first-order valence-corrected chi connectivity index (χ1v) is 7.12. The van der Waals surface area contributed by atoms with Crippen LogP contribution >= 0.6 is 0 Å². The second kappa shape index (κ2) is 8.73. The Morgan fingerprint density at radius 3 is 1.67 bits per heavy atom. The monoisotopic (exact) mass is 247 g/mol. The third kappa shape index (κ3) is 5.85. The summed E-state index contributed by atoms with van der Waals surface area (Å²) in [7, 11) is 0. The molecule has 1 amide bonds. The van der Waals surface area contributed by atoms with E-state index < -0.39 is 0 Å². The Labute approximate surface area is 111 Å². The number of nitrogens with two attached hydrogens (primary N) is 1. The fourth-order valence-electron chi connectivity index (χ4n) is 1.92. The van der Waals surface area contributed by atoms with Crippen molar-refractivity contribution in [2.24, 2.45) is 5.73 Å². The van der Waals surface area contributed by atoms with Gasteiger partial charge in [-0.2, -0.15) is 0 Å². The van der Waals surface area contributed by atoms with E-state index in [0.29, 0.717) is 6.42 Å². The van der Waals surface area contributed by atoms with Crippen LogP contribution in [0, 0.1) is 0 Å². The fourth-order valence-corrected chi connectivity index (χ4v) is 1.92. The van der Waals surface area contributed by atoms with Gasteiger partial charge in [-0.25, -0.2) is 0 Å². The second-order valence-corrected chi connectivity index (χ2v) is 4.91. The van der Waals surface area contributed by atoms with Gasteiger partial charge in [-0.3, -0.25) is 4.79 Å². The summed E-state index contributed by atoms with van der Waals surface area (Å²) < 4.78 is 0. The number of amides is 1. The van der Waals surface area contributed by atoms with Crippen LogP contribution < -0.4 is 5.73 Å². The van der Waals surface area contributed by atoms with Crippen molar-refractivity contribution in [2.75, 3.05) is 0 Å². The van der Waals surface area contributed by atoms with Gasteiger partial charge in [0.1, 0.15) is 0 Å². The molecule has 0 atom stereocenters. The second-order valence-electron chi connectivity index (χ2n) is 4.91. The van der Waals surface area contributed by atoms with E-state index in [9.17, 15) is 4.79 Å². The molecule has 0 heterocycles. The molecular weight excluding hydrogens is 222 g/mol. The van der Waals surface area contributed by atoms with E-state index in [-0.39, 0.29) is 5.91 Å². The standard InChI is InChI=1S/C10H21NO.C6H4/c1-2-3-4-5-6-7-8-9-10(11)12;1-2-6-4-3-5(1)6/h2-9H2,1H3,(H2,11,12);1-4H. The van der Waals surface area contributed by atoms with Crippen molar-refractivity contribution in [3.63, 3.8) is 0 Å². The van der Waals surface area contributed by atoms with Crippen LogP contribution in [0.2, 0.25) is 0 Å². The van der Waals surface area contributed by atoms with Crippen molar-refractivity contribution in [3.8, 4) is 11.1 Å². The Kier molecular flexibility index (Phi) is 7.16. The number of fused-ring (bicyclic) bond motifs is 1. The molecule has 2 aliphatic carbocycles. The summed E-state index contributed by atoms with van der Waals surface area (Å²) in [4.78, 5) is 10.4. The number of carbonyl (C=O) groups excluding carboxylic acids is 1. The lowest BCUT2D eigenvalue weighted by molar-refractivity contribution is -0.118. The van der Waals surface area contributed by atoms with Crippen molar-refractivity contribution >= 4 is 5.91 Å². The number of benzene rings is 1. The van der Waals surface area contributed by atoms with Crippen molar-refractivity contribution in [2.45, 2.75) is 58.3 Å². The summed E-state index contributed by atoms with van der Waals surface area (Å²) in [5.74, 6) is -0.163. The Balaban J connectivity index is 0.000000217. The SMILES string of the molecule is CCCCCCCCCC(N)=O.c1cc2ccc1-2. The molecule has 0 aromatic carbocycles. The van der Waals surface area contributed by atoms with Gasteiger partial charge in [-0.05, 0) is 17.5 Å². The number of carbonyl (C=O) groups is 1. The average Bonchev–Trinajstić information content (AvgIpc) is 2.33. The van der Waals surface area contributed by atoms with Crippen molar-refractivity contribution in [1.29, 1.82) is 0 Å². The van der Waals surface area contributed by atoms with Gasteiger partial charge in [0.15, 0.2) is 0 Å². The summed E-state index contributed by atoms with van der Waals surface area (Å²) in [5.41, 5.74) is 7.87. The van der Waals surface area contributed by atoms with Gasteiger partial charge in [-0.15, -0.1) is 0 Å². The zero-order valence-electron chi connectivity index (χ0n) is 11.5. The maximum atomic E-state index is 10.4. The number of rotatable bonds is 8. The van der Waals surface area contributed by atoms with Crippen molar-refractivity contribution in [1.82, 2.24) is 0 Å². The lowest BCUT2D eigenvalue weighted by atomic mass is 9.95. The molecule has 100 valence electrons. The molecule has 0 saturated heterocycles. The van der Waals surface area contributed by atoms with E-state index >= 15 is 0 Å². The molecule has 0 spiro atoms. The third-order valence-corrected chi connectivity index (χ3v) is 3.24. The number of hydrogen-bond donors (Lipinski definition) is 1. The third-order valence-electron chi connectivity index (χ3n) is 3.24. The van der Waals surface area contributed by atoms with Crippen LogP contribution in [-0.4, -0.2) is 5.91 Å². The molecule has 0 aliphatic heterocycles. The number of unbranched alkanes of at least 4 members (excludes halogenated alkanes) is 6. The molecule has 2 aliphatic rings. The van der Waals surface area contributed by atoms with Crippen LogP contribution in [0.1, 0.15) is 58.3 Å². The maximum Gasteiger partial charge on any atom is 0.217 e. The largest absolute Gasteiger partial charge is 0.370 e. The summed E-state index contributed by atoms with van der Waals surface area (Å²) >= 11 is 0. The van der Waals surface area contributed by atoms with E-state index in [1.54, 1.807) is 0 Å². The molecule has 0 radical (unpaired) electrons. The highest BCUT2D eigenvalue weighted by atomic mass is 16.1. The Morgan fingerprint density at radius 2 is 1.33 bits per heavy atom. The van der Waals surface area contributed by atoms with Gasteiger partial charge in [0, 0.05) is 6.42 Å². The molecule has 0 aromatic heterocycles. The Morgan fingerprint density at radius 1 is 0.889 bits per heavy atom. The van der Waals surface area contributed by atoms with Gasteiger partial charge < -0.3 is 5.73 Å². The fraction of sp³-hybridized carbons (Fsp3) is 0.562. The van der Waals surface area contributed by atoms with Gasteiger partial charge in [0.2, 0.25) is 5.91 Å². The van der Waals surface area contributed by atoms with E-state index in [4.69, 9.17) is 5.73 Å². The van der Waals surface area contributed by atoms with Crippen molar-refractivity contribution in [3.05, 3.63) is 24.3 Å². The van der Waals surface area contributed by atoms with Gasteiger partial charge in [-0.1, -0.05) is 69.7 Å². The topological polar surface area (TPSA) is 43.1 Å². The molecule has 2 N–H and O–H groups in total. The molecule has 2 rings (SSSR count). The molecule has 0 saturated carbocycles. The van der Waals surface area contributed by atoms with Gasteiger partial charge >= 0.3 is 0 Å². The minimum atomic E-state index is -0.163. The predicted molar refractivity (Wildman–Crippen MR) is 77.2 cm³/mol. The van der Waals surface area contributed by atoms with E-state index in [1.165, 1.54) is 43.2 Å². The highest BCUT2D eigenvalue weighted by Gasteiger charge is 2.03. The summed E-state index contributed by atoms with van der Waals surface area (Å²) in [6, 6.07) is 8.48. The minimum Gasteiger partial charge on any atom is -0.370 e. The number of primary amides is 1. The van der Waals surface area contributed by atoms with Crippen molar-refractivity contribution < 1.29 is 4.79 Å². The van der Waals surface area contributed by atoms with Crippen LogP contribution in [-0.2, 0) is 4.79 Å². The molecule has 2 heteroatoms. The summed E-state index contributed by atoms with van der Waals surface area (Å²) in [6.07, 6.45) is 9.24. The lowest BCUT2D eigenvalue weighted by Gasteiger charge is -2.10. The molecule has 0 aromatic rings. The minimum absolute atomic E-state index is 0.163. The molecule has 0 bridgehead atoms. The van der Waals surface area contributed by atoms with Crippen LogP contribution in [0.3, 0.4) is 0 Å². The maximum absolute atomic E-state index is 10.4. The highest BCUT2D eigenvalue weighted by molar-refractivity contribution is 5.75. The van der Waals surface area contributed by atoms with Crippen LogP contribution in [0.5, 0.6) is 0 Å². The summed E-state index contributed by atoms with van der Waals surface area (Å²) in [5, 5.41) is 0. The molecule has 0 unspecified atom stereocenters. The van der Waals surface area contributed by atoms with E-state index in [2.05, 4.69) is 31.2 Å². The molecule has 18 heavy (non-hydrogen) atoms. The highest BCUT2D eigenvalue weighted by Crippen LogP contribution is 2.29. The summed E-state index contributed by atoms with van der Waals surface area (Å²) in [6.45, 7) is 2.22. The predicted octanol–water partition coefficient (Wildman–Crippen LogP) is 4.28. The molecule has 0 fully saturated rings. The van der Waals surface area contributed by atoms with E-state index in [0.717, 1.165) is 12.8 Å². The Bertz CT molecular complexity index is 322. The first-order valence-electron chi connectivity index (χ1n) is 7.12. The molecular formula is C16H25NO. The number of hydrogen-bond acceptors (Lipinski definition) is 1. The first kappa shape index (κ1) is 14.7. The van der Waals surface area contributed by atoms with Gasteiger partial charge in [0.05, 0.1) is 0 Å². The average molecular weight is 247 g/mol. The van der Waals surface area contributed by atoms with E-state index in [1.807, 2.05) is 0 Å². The zero-order chi connectivity index (χ0) is 13.2.